The molecule has 2 rings (SSSR count). The van der Waals surface area contributed by atoms with Crippen molar-refractivity contribution in [3.8, 4) is 11.5 Å². The summed E-state index contributed by atoms with van der Waals surface area (Å²) in [6.45, 7) is 2.00. The number of nitrogens with one attached hydrogen (secondary N) is 1. The molecular formula is C18H21NO5S. The van der Waals surface area contributed by atoms with Crippen LogP contribution in [0.4, 0.5) is 0 Å². The molecule has 134 valence electrons. The number of sulfone groups is 1. The standard InChI is InChI=1S/C18H21NO5S/c1-12-5-8-15(25(4,21)22)10-16(12)18(20)19-11-13-6-7-14(23-2)9-17(13)24-3/h5-10H,11H2,1-4H3,(H,19,20). The molecule has 2 aromatic carbocycles. The van der Waals surface area contributed by atoms with Gasteiger partial charge in [0.15, 0.2) is 9.84 Å². The molecular weight excluding hydrogens is 342 g/mol. The van der Waals surface area contributed by atoms with Crippen LogP contribution >= 0.6 is 0 Å². The SMILES string of the molecule is COc1ccc(CNC(=O)c2cc(S(C)(=O)=O)ccc2C)c(OC)c1. The normalized spacial score (nSPS) is 11.0. The van der Waals surface area contributed by atoms with Gasteiger partial charge in [-0.25, -0.2) is 8.42 Å². The zero-order chi connectivity index (χ0) is 18.6. The zero-order valence-corrected chi connectivity index (χ0v) is 15.4. The number of methoxy groups -OCH3 is 2. The number of aryl methyl sites for hydroxylation is 1. The topological polar surface area (TPSA) is 81.7 Å². The molecule has 0 aliphatic carbocycles. The van der Waals surface area contributed by atoms with Crippen LogP contribution in [0.2, 0.25) is 0 Å². The van der Waals surface area contributed by atoms with Gasteiger partial charge in [0.2, 0.25) is 0 Å². The van der Waals surface area contributed by atoms with Crippen LogP contribution in [0.5, 0.6) is 11.5 Å². The largest absolute Gasteiger partial charge is 0.497 e. The van der Waals surface area contributed by atoms with Crippen LogP contribution in [-0.4, -0.2) is 34.8 Å². The summed E-state index contributed by atoms with van der Waals surface area (Å²) in [5.41, 5.74) is 1.82. The summed E-state index contributed by atoms with van der Waals surface area (Å²) in [7, 11) is -0.270. The Morgan fingerprint density at radius 3 is 2.40 bits per heavy atom. The van der Waals surface area contributed by atoms with Crippen LogP contribution in [0.15, 0.2) is 41.3 Å². The van der Waals surface area contributed by atoms with Crippen LogP contribution in [0.3, 0.4) is 0 Å². The number of amides is 1. The second-order valence-electron chi connectivity index (χ2n) is 5.61. The highest BCUT2D eigenvalue weighted by Gasteiger charge is 2.15. The van der Waals surface area contributed by atoms with Crippen molar-refractivity contribution in [2.45, 2.75) is 18.4 Å². The van der Waals surface area contributed by atoms with Crippen LogP contribution in [0.25, 0.3) is 0 Å². The zero-order valence-electron chi connectivity index (χ0n) is 14.6. The number of ether oxygens (including phenoxy) is 2. The second kappa shape index (κ2) is 7.57. The summed E-state index contributed by atoms with van der Waals surface area (Å²) in [5.74, 6) is 0.908. The third-order valence-corrected chi connectivity index (χ3v) is 4.93. The van der Waals surface area contributed by atoms with Gasteiger partial charge < -0.3 is 14.8 Å². The van der Waals surface area contributed by atoms with Gasteiger partial charge in [-0.3, -0.25) is 4.79 Å². The third-order valence-electron chi connectivity index (χ3n) is 3.82. The molecule has 0 spiro atoms. The Morgan fingerprint density at radius 2 is 1.80 bits per heavy atom. The highest BCUT2D eigenvalue weighted by atomic mass is 32.2. The van der Waals surface area contributed by atoms with Crippen LogP contribution in [0.1, 0.15) is 21.5 Å². The Kier molecular flexibility index (Phi) is 5.69. The van der Waals surface area contributed by atoms with Gasteiger partial charge in [0.25, 0.3) is 5.91 Å². The van der Waals surface area contributed by atoms with Crippen molar-refractivity contribution in [3.05, 3.63) is 53.1 Å². The fourth-order valence-electron chi connectivity index (χ4n) is 2.35. The molecule has 0 saturated heterocycles. The lowest BCUT2D eigenvalue weighted by atomic mass is 10.1. The quantitative estimate of drug-likeness (QED) is 0.852. The Labute approximate surface area is 147 Å². The van der Waals surface area contributed by atoms with E-state index in [0.717, 1.165) is 11.8 Å². The molecule has 0 atom stereocenters. The average Bonchev–Trinajstić information content (AvgIpc) is 2.58. The van der Waals surface area contributed by atoms with Gasteiger partial charge in [0.05, 0.1) is 19.1 Å². The first-order chi connectivity index (χ1) is 11.8. The Morgan fingerprint density at radius 1 is 1.08 bits per heavy atom. The van der Waals surface area contributed by atoms with E-state index in [1.165, 1.54) is 12.1 Å². The van der Waals surface area contributed by atoms with E-state index in [1.54, 1.807) is 45.4 Å². The Bertz CT molecular complexity index is 890. The van der Waals surface area contributed by atoms with E-state index in [-0.39, 0.29) is 17.3 Å². The van der Waals surface area contributed by atoms with Gasteiger partial charge in [0, 0.05) is 30.0 Å². The van der Waals surface area contributed by atoms with Crippen LogP contribution < -0.4 is 14.8 Å². The summed E-state index contributed by atoms with van der Waals surface area (Å²) < 4.78 is 33.8. The fraction of sp³-hybridized carbons (Fsp3) is 0.278. The number of carbonyl (C=O) groups is 1. The maximum Gasteiger partial charge on any atom is 0.251 e. The van der Waals surface area contributed by atoms with Crippen molar-refractivity contribution in [3.63, 3.8) is 0 Å². The number of hydrogen-bond acceptors (Lipinski definition) is 5. The molecule has 0 unspecified atom stereocenters. The molecule has 0 aliphatic rings. The van der Waals surface area contributed by atoms with E-state index in [1.807, 2.05) is 0 Å². The van der Waals surface area contributed by atoms with E-state index in [4.69, 9.17) is 9.47 Å². The van der Waals surface area contributed by atoms with Crippen molar-refractivity contribution < 1.29 is 22.7 Å². The molecule has 7 heteroatoms. The van der Waals surface area contributed by atoms with E-state index in [9.17, 15) is 13.2 Å². The van der Waals surface area contributed by atoms with Crippen molar-refractivity contribution in [2.75, 3.05) is 20.5 Å². The molecule has 0 bridgehead atoms. The minimum absolute atomic E-state index is 0.116. The van der Waals surface area contributed by atoms with E-state index >= 15 is 0 Å². The van der Waals surface area contributed by atoms with Gasteiger partial charge >= 0.3 is 0 Å². The maximum atomic E-state index is 12.5. The number of carbonyl (C=O) groups excluding carboxylic acids is 1. The van der Waals surface area contributed by atoms with E-state index in [0.29, 0.717) is 22.6 Å². The number of rotatable bonds is 6. The second-order valence-corrected chi connectivity index (χ2v) is 7.63. The molecule has 1 N–H and O–H groups in total. The first kappa shape index (κ1) is 18.8. The van der Waals surface area contributed by atoms with Gasteiger partial charge in [-0.1, -0.05) is 6.07 Å². The van der Waals surface area contributed by atoms with Crippen molar-refractivity contribution in [1.82, 2.24) is 5.32 Å². The van der Waals surface area contributed by atoms with Crippen LogP contribution in [0, 0.1) is 6.92 Å². The molecule has 0 fully saturated rings. The third kappa shape index (κ3) is 4.51. The van der Waals surface area contributed by atoms with Gasteiger partial charge in [-0.05, 0) is 36.8 Å². The average molecular weight is 363 g/mol. The van der Waals surface area contributed by atoms with Crippen molar-refractivity contribution >= 4 is 15.7 Å². The highest BCUT2D eigenvalue weighted by Crippen LogP contribution is 2.24. The molecule has 0 saturated carbocycles. The molecule has 0 aromatic heterocycles. The predicted octanol–water partition coefficient (Wildman–Crippen LogP) is 2.35. The summed E-state index contributed by atoms with van der Waals surface area (Å²) in [5, 5.41) is 2.79. The number of hydrogen-bond donors (Lipinski definition) is 1. The monoisotopic (exact) mass is 363 g/mol. The summed E-state index contributed by atoms with van der Waals surface area (Å²) in [6.07, 6.45) is 1.11. The molecule has 6 nitrogen and oxygen atoms in total. The predicted molar refractivity (Wildman–Crippen MR) is 95.0 cm³/mol. The van der Waals surface area contributed by atoms with Crippen molar-refractivity contribution in [1.29, 1.82) is 0 Å². The maximum absolute atomic E-state index is 12.5. The summed E-state index contributed by atoms with van der Waals surface area (Å²) in [6, 6.07) is 9.83. The van der Waals surface area contributed by atoms with Gasteiger partial charge in [-0.2, -0.15) is 0 Å². The molecule has 0 heterocycles. The minimum atomic E-state index is -3.37. The molecule has 2 aromatic rings. The van der Waals surface area contributed by atoms with E-state index < -0.39 is 9.84 Å². The Balaban J connectivity index is 2.21. The molecule has 25 heavy (non-hydrogen) atoms. The molecule has 0 radical (unpaired) electrons. The lowest BCUT2D eigenvalue weighted by Crippen LogP contribution is -2.24. The smallest absolute Gasteiger partial charge is 0.251 e. The summed E-state index contributed by atoms with van der Waals surface area (Å²) >= 11 is 0. The summed E-state index contributed by atoms with van der Waals surface area (Å²) in [4.78, 5) is 12.6. The highest BCUT2D eigenvalue weighted by molar-refractivity contribution is 7.90. The fourth-order valence-corrected chi connectivity index (χ4v) is 2.99. The van der Waals surface area contributed by atoms with Crippen molar-refractivity contribution in [2.24, 2.45) is 0 Å². The number of benzene rings is 2. The molecule has 1 amide bonds. The van der Waals surface area contributed by atoms with Gasteiger partial charge in [0.1, 0.15) is 11.5 Å². The lowest BCUT2D eigenvalue weighted by molar-refractivity contribution is 0.0950. The van der Waals surface area contributed by atoms with Crippen LogP contribution in [-0.2, 0) is 16.4 Å². The van der Waals surface area contributed by atoms with E-state index in [2.05, 4.69) is 5.32 Å². The Hall–Kier alpha value is -2.54. The first-order valence-corrected chi connectivity index (χ1v) is 9.45. The lowest BCUT2D eigenvalue weighted by Gasteiger charge is -2.12. The first-order valence-electron chi connectivity index (χ1n) is 7.56. The molecule has 0 aliphatic heterocycles. The van der Waals surface area contributed by atoms with Gasteiger partial charge in [-0.15, -0.1) is 0 Å². The minimum Gasteiger partial charge on any atom is -0.497 e.